The summed E-state index contributed by atoms with van der Waals surface area (Å²) >= 11 is 0. The van der Waals surface area contributed by atoms with Crippen LogP contribution >= 0.6 is 0 Å². The molecule has 0 aliphatic carbocycles. The predicted molar refractivity (Wildman–Crippen MR) is 179 cm³/mol. The van der Waals surface area contributed by atoms with Crippen LogP contribution in [0.25, 0.3) is 0 Å². The molecule has 10 nitrogen and oxygen atoms in total. The van der Waals surface area contributed by atoms with Crippen LogP contribution in [-0.2, 0) is 21.3 Å². The highest BCUT2D eigenvalue weighted by atomic mass is 32.2. The van der Waals surface area contributed by atoms with E-state index in [0.717, 1.165) is 36.9 Å². The number of aliphatic hydroxyl groups excluding tert-OH is 1. The summed E-state index contributed by atoms with van der Waals surface area (Å²) in [4.78, 5) is 22.4. The second-order valence-corrected chi connectivity index (χ2v) is 14.2. The van der Waals surface area contributed by atoms with Crippen LogP contribution in [0.4, 0.5) is 5.69 Å². The Balaban J connectivity index is 1.64. The smallest absolute Gasteiger partial charge is 0.261 e. The maximum Gasteiger partial charge on any atom is 0.261 e. The minimum atomic E-state index is -3.90. The van der Waals surface area contributed by atoms with Crippen molar-refractivity contribution in [3.05, 3.63) is 83.7 Å². The molecular formula is C35H48N4O6S. The lowest BCUT2D eigenvalue weighted by atomic mass is 10.0. The average Bonchev–Trinajstić information content (AvgIpc) is 3.03. The summed E-state index contributed by atoms with van der Waals surface area (Å²) in [6, 6.07) is 14.8. The zero-order chi connectivity index (χ0) is 33.3. The van der Waals surface area contributed by atoms with E-state index in [-0.39, 0.29) is 46.8 Å². The number of hydrogen-bond donors (Lipinski definition) is 2. The summed E-state index contributed by atoms with van der Waals surface area (Å²) < 4.78 is 41.8. The van der Waals surface area contributed by atoms with Gasteiger partial charge in [0.25, 0.3) is 15.9 Å². The minimum Gasteiger partial charge on any atom is -0.490 e. The van der Waals surface area contributed by atoms with Crippen molar-refractivity contribution in [3.8, 4) is 5.75 Å². The number of hydrogen-bond acceptors (Lipinski definition) is 8. The number of aryl methyl sites for hydroxylation is 1. The van der Waals surface area contributed by atoms with Crippen LogP contribution in [0, 0.1) is 12.8 Å². The summed E-state index contributed by atoms with van der Waals surface area (Å²) in [5, 5.41) is 10.2. The molecule has 2 N–H and O–H groups in total. The molecule has 4 atom stereocenters. The van der Waals surface area contributed by atoms with Crippen LogP contribution in [0.15, 0.2) is 71.9 Å². The maximum atomic E-state index is 14.4. The Bertz CT molecular complexity index is 1520. The Hall–Kier alpha value is -3.51. The second kappa shape index (κ2) is 16.4. The van der Waals surface area contributed by atoms with Gasteiger partial charge in [0.05, 0.1) is 35.3 Å². The number of benzene rings is 2. The number of carbonyl (C=O) groups excluding carboxylic acids is 1. The standard InChI is InChI=1S/C35H48N4O6S/c1-25-9-12-31(13-10-25)46(42,43)37-30-11-14-33-32(20-30)35(41)39(27(3)24-40)21-26(2)34(44-19-7-6-8-28(4)45-33)23-38(5)22-29-15-17-36-18-16-29/h9-18,20,26-28,34,37,40H,6-8,19,21-24H2,1-5H3/t26-,27+,28-,34-/m1/s1. The van der Waals surface area contributed by atoms with E-state index in [0.29, 0.717) is 25.4 Å². The number of likely N-dealkylation sites (N-methyl/N-ethyl adjacent to an activating group) is 1. The number of ether oxygens (including phenoxy) is 2. The Morgan fingerprint density at radius 1 is 1.09 bits per heavy atom. The van der Waals surface area contributed by atoms with Gasteiger partial charge in [-0.25, -0.2) is 8.42 Å². The second-order valence-electron chi connectivity index (χ2n) is 12.5. The summed E-state index contributed by atoms with van der Waals surface area (Å²) in [5.74, 6) is -0.0549. The number of aliphatic hydroxyl groups is 1. The highest BCUT2D eigenvalue weighted by Crippen LogP contribution is 2.29. The van der Waals surface area contributed by atoms with Gasteiger partial charge >= 0.3 is 0 Å². The van der Waals surface area contributed by atoms with Crippen molar-refractivity contribution in [2.24, 2.45) is 5.92 Å². The van der Waals surface area contributed by atoms with Crippen LogP contribution in [0.1, 0.15) is 61.5 Å². The molecule has 0 saturated carbocycles. The molecule has 1 aliphatic heterocycles. The third-order valence-corrected chi connectivity index (χ3v) is 9.73. The van der Waals surface area contributed by atoms with Crippen molar-refractivity contribution in [1.29, 1.82) is 0 Å². The molecule has 0 unspecified atom stereocenters. The quantitative estimate of drug-likeness (QED) is 0.327. The van der Waals surface area contributed by atoms with E-state index in [4.69, 9.17) is 9.47 Å². The van der Waals surface area contributed by atoms with Gasteiger partial charge in [-0.05, 0) is 95.1 Å². The molecular weight excluding hydrogens is 604 g/mol. The molecule has 250 valence electrons. The highest BCUT2D eigenvalue weighted by Gasteiger charge is 2.30. The first-order chi connectivity index (χ1) is 22.0. The topological polar surface area (TPSA) is 121 Å². The summed E-state index contributed by atoms with van der Waals surface area (Å²) in [7, 11) is -1.85. The number of rotatable bonds is 9. The van der Waals surface area contributed by atoms with Crippen LogP contribution in [0.2, 0.25) is 0 Å². The highest BCUT2D eigenvalue weighted by molar-refractivity contribution is 7.92. The van der Waals surface area contributed by atoms with Gasteiger partial charge in [-0.2, -0.15) is 0 Å². The molecule has 2 heterocycles. The van der Waals surface area contributed by atoms with E-state index in [9.17, 15) is 18.3 Å². The van der Waals surface area contributed by atoms with Gasteiger partial charge in [0.2, 0.25) is 0 Å². The van der Waals surface area contributed by atoms with Crippen molar-refractivity contribution >= 4 is 21.6 Å². The fourth-order valence-corrected chi connectivity index (χ4v) is 6.60. The fraction of sp³-hybridized carbons (Fsp3) is 0.486. The van der Waals surface area contributed by atoms with Gasteiger partial charge in [0.15, 0.2) is 0 Å². The number of amides is 1. The number of fused-ring (bicyclic) bond motifs is 1. The molecule has 4 rings (SSSR count). The van der Waals surface area contributed by atoms with E-state index in [1.54, 1.807) is 60.6 Å². The monoisotopic (exact) mass is 652 g/mol. The van der Waals surface area contributed by atoms with Gasteiger partial charge in [0, 0.05) is 50.2 Å². The SMILES string of the molecule is Cc1ccc(S(=O)(=O)Nc2ccc3c(c2)C(=O)N([C@@H](C)CO)C[C@@H](C)[C@@H](CN(C)Cc2ccncc2)OCCCC[C@@H](C)O3)cc1. The van der Waals surface area contributed by atoms with Gasteiger partial charge in [-0.3, -0.25) is 19.4 Å². The first-order valence-corrected chi connectivity index (χ1v) is 17.5. The predicted octanol–water partition coefficient (Wildman–Crippen LogP) is 5.12. The van der Waals surface area contributed by atoms with Gasteiger partial charge in [-0.15, -0.1) is 0 Å². The number of aromatic nitrogens is 1. The lowest BCUT2D eigenvalue weighted by Gasteiger charge is -2.36. The van der Waals surface area contributed by atoms with E-state index in [1.165, 1.54) is 6.07 Å². The molecule has 1 amide bonds. The number of pyridine rings is 1. The molecule has 0 fully saturated rings. The first kappa shape index (κ1) is 35.3. The van der Waals surface area contributed by atoms with Crippen LogP contribution in [-0.4, -0.2) is 85.8 Å². The Morgan fingerprint density at radius 3 is 2.50 bits per heavy atom. The van der Waals surface area contributed by atoms with Crippen molar-refractivity contribution in [3.63, 3.8) is 0 Å². The number of anilines is 1. The molecule has 3 aromatic rings. The average molecular weight is 653 g/mol. The lowest BCUT2D eigenvalue weighted by Crippen LogP contribution is -2.47. The van der Waals surface area contributed by atoms with Gasteiger partial charge in [0.1, 0.15) is 5.75 Å². The largest absolute Gasteiger partial charge is 0.490 e. The van der Waals surface area contributed by atoms with Crippen molar-refractivity contribution in [1.82, 2.24) is 14.8 Å². The van der Waals surface area contributed by atoms with Crippen LogP contribution in [0.3, 0.4) is 0 Å². The third-order valence-electron chi connectivity index (χ3n) is 8.33. The zero-order valence-corrected chi connectivity index (χ0v) is 28.4. The fourth-order valence-electron chi connectivity index (χ4n) is 5.55. The number of carbonyl (C=O) groups is 1. The Morgan fingerprint density at radius 2 is 1.80 bits per heavy atom. The molecule has 11 heteroatoms. The van der Waals surface area contributed by atoms with Crippen molar-refractivity contribution in [2.75, 3.05) is 38.1 Å². The molecule has 1 aromatic heterocycles. The van der Waals surface area contributed by atoms with Crippen LogP contribution < -0.4 is 9.46 Å². The van der Waals surface area contributed by atoms with E-state index < -0.39 is 16.1 Å². The van der Waals surface area contributed by atoms with Crippen molar-refractivity contribution < 1.29 is 27.8 Å². The van der Waals surface area contributed by atoms with E-state index in [1.807, 2.05) is 26.0 Å². The zero-order valence-electron chi connectivity index (χ0n) is 27.6. The van der Waals surface area contributed by atoms with Crippen molar-refractivity contribution in [2.45, 2.75) is 76.6 Å². The Labute approximate surface area is 273 Å². The molecule has 0 saturated heterocycles. The molecule has 1 aliphatic rings. The summed E-state index contributed by atoms with van der Waals surface area (Å²) in [5.41, 5.74) is 2.57. The number of nitrogens with one attached hydrogen (secondary N) is 1. The number of nitrogens with zero attached hydrogens (tertiary/aromatic N) is 3. The van der Waals surface area contributed by atoms with E-state index in [2.05, 4.69) is 28.6 Å². The molecule has 0 spiro atoms. The molecule has 2 aromatic carbocycles. The number of sulfonamides is 1. The van der Waals surface area contributed by atoms with Gasteiger partial charge < -0.3 is 19.5 Å². The maximum absolute atomic E-state index is 14.4. The van der Waals surface area contributed by atoms with Gasteiger partial charge in [-0.1, -0.05) is 24.6 Å². The molecule has 0 radical (unpaired) electrons. The lowest BCUT2D eigenvalue weighted by molar-refractivity contribution is -0.0177. The van der Waals surface area contributed by atoms with E-state index >= 15 is 0 Å². The third kappa shape index (κ3) is 9.75. The van der Waals surface area contributed by atoms with Crippen LogP contribution in [0.5, 0.6) is 5.75 Å². The normalized spacial score (nSPS) is 20.8. The summed E-state index contributed by atoms with van der Waals surface area (Å²) in [6.07, 6.45) is 5.73. The first-order valence-electron chi connectivity index (χ1n) is 16.0. The summed E-state index contributed by atoms with van der Waals surface area (Å²) in [6.45, 7) is 9.77. The molecule has 0 bridgehead atoms. The molecule has 46 heavy (non-hydrogen) atoms. The minimum absolute atomic E-state index is 0.0766. The Kier molecular flexibility index (Phi) is 12.6.